The zero-order valence-corrected chi connectivity index (χ0v) is 17.7. The lowest BCUT2D eigenvalue weighted by molar-refractivity contribution is -0.153. The number of carbonyl (C=O) groups is 1. The fraction of sp³-hybridized carbons (Fsp3) is 0.286. The number of aromatic nitrogens is 1. The summed E-state index contributed by atoms with van der Waals surface area (Å²) in [6.45, 7) is -1.12. The van der Waals surface area contributed by atoms with Crippen LogP contribution in [0.3, 0.4) is 0 Å². The van der Waals surface area contributed by atoms with E-state index in [9.17, 15) is 18.0 Å². The van der Waals surface area contributed by atoms with Gasteiger partial charge in [-0.3, -0.25) is 4.79 Å². The van der Waals surface area contributed by atoms with E-state index in [1.165, 1.54) is 25.3 Å². The summed E-state index contributed by atoms with van der Waals surface area (Å²) in [4.78, 5) is 16.4. The van der Waals surface area contributed by atoms with Crippen LogP contribution in [0.5, 0.6) is 17.2 Å². The highest BCUT2D eigenvalue weighted by Crippen LogP contribution is 2.30. The quantitative estimate of drug-likeness (QED) is 0.451. The fourth-order valence-electron chi connectivity index (χ4n) is 2.67. The molecule has 3 rings (SSSR count). The van der Waals surface area contributed by atoms with Gasteiger partial charge < -0.3 is 19.5 Å². The highest BCUT2D eigenvalue weighted by molar-refractivity contribution is 7.22. The van der Waals surface area contributed by atoms with Gasteiger partial charge in [0.05, 0.1) is 35.6 Å². The molecule has 0 atom stereocenters. The van der Waals surface area contributed by atoms with Gasteiger partial charge in [-0.1, -0.05) is 11.3 Å². The number of nitrogens with zero attached hydrogens (tertiary/aromatic N) is 2. The van der Waals surface area contributed by atoms with E-state index in [1.807, 2.05) is 6.07 Å². The van der Waals surface area contributed by atoms with Gasteiger partial charge >= 0.3 is 6.18 Å². The normalized spacial score (nSPS) is 11.1. The van der Waals surface area contributed by atoms with Crippen LogP contribution in [0.1, 0.15) is 18.4 Å². The molecule has 1 amide bonds. The lowest BCUT2D eigenvalue weighted by Crippen LogP contribution is -2.19. The molecule has 0 aliphatic heterocycles. The molecule has 7 nitrogen and oxygen atoms in total. The number of ether oxygens (including phenoxy) is 3. The second kappa shape index (κ2) is 10.2. The van der Waals surface area contributed by atoms with Crippen molar-refractivity contribution in [1.29, 1.82) is 5.26 Å². The third-order valence-corrected chi connectivity index (χ3v) is 5.04. The first-order valence-corrected chi connectivity index (χ1v) is 10.2. The molecular weight excluding hydrogens is 447 g/mol. The van der Waals surface area contributed by atoms with Gasteiger partial charge in [0.2, 0.25) is 5.91 Å². The van der Waals surface area contributed by atoms with Crippen LogP contribution in [-0.4, -0.2) is 37.4 Å². The molecule has 2 aromatic carbocycles. The minimum atomic E-state index is -4.42. The number of rotatable bonds is 9. The summed E-state index contributed by atoms with van der Waals surface area (Å²) in [6.07, 6.45) is -3.82. The van der Waals surface area contributed by atoms with Crippen LogP contribution >= 0.6 is 11.3 Å². The Morgan fingerprint density at radius 1 is 1.19 bits per heavy atom. The molecule has 0 bridgehead atoms. The minimum Gasteiger partial charge on any atom is -0.493 e. The number of hydrogen-bond acceptors (Lipinski definition) is 7. The smallest absolute Gasteiger partial charge is 0.422 e. The van der Waals surface area contributed by atoms with Crippen molar-refractivity contribution in [3.8, 4) is 23.3 Å². The Morgan fingerprint density at radius 3 is 2.72 bits per heavy atom. The molecule has 0 saturated carbocycles. The predicted molar refractivity (Wildman–Crippen MR) is 112 cm³/mol. The molecule has 1 heterocycles. The van der Waals surface area contributed by atoms with Crippen LogP contribution < -0.4 is 19.5 Å². The standard InChI is InChI=1S/C21H18F3N3O4S/c1-29-17-9-13(11-25)4-7-16(17)30-8-2-3-19(28)27-20-26-15-6-5-14(10-18(15)32-20)31-12-21(22,23)24/h4-7,9-10H,2-3,8,12H2,1H3,(H,26,27,28). The lowest BCUT2D eigenvalue weighted by Gasteiger charge is -2.10. The number of methoxy groups -OCH3 is 1. The molecule has 1 N–H and O–H groups in total. The number of hydrogen-bond donors (Lipinski definition) is 1. The Bertz CT molecular complexity index is 1140. The molecule has 168 valence electrons. The monoisotopic (exact) mass is 465 g/mol. The summed E-state index contributed by atoms with van der Waals surface area (Å²) in [5, 5.41) is 11.9. The number of thiazole rings is 1. The summed E-state index contributed by atoms with van der Waals surface area (Å²) in [7, 11) is 1.47. The molecule has 11 heteroatoms. The second-order valence-electron chi connectivity index (χ2n) is 6.53. The first-order valence-electron chi connectivity index (χ1n) is 9.38. The van der Waals surface area contributed by atoms with Crippen LogP contribution in [0.2, 0.25) is 0 Å². The molecule has 1 aromatic heterocycles. The minimum absolute atomic E-state index is 0.0757. The van der Waals surface area contributed by atoms with Crippen molar-refractivity contribution in [2.24, 2.45) is 0 Å². The van der Waals surface area contributed by atoms with Crippen LogP contribution in [0, 0.1) is 11.3 Å². The van der Waals surface area contributed by atoms with Crippen LogP contribution in [-0.2, 0) is 4.79 Å². The van der Waals surface area contributed by atoms with E-state index in [0.29, 0.717) is 38.8 Å². The maximum Gasteiger partial charge on any atom is 0.422 e. The number of carbonyl (C=O) groups excluding carboxylic acids is 1. The highest BCUT2D eigenvalue weighted by atomic mass is 32.1. The first-order chi connectivity index (χ1) is 15.3. The maximum absolute atomic E-state index is 12.3. The molecule has 0 radical (unpaired) electrons. The van der Waals surface area contributed by atoms with E-state index in [2.05, 4.69) is 10.3 Å². The van der Waals surface area contributed by atoms with Gasteiger partial charge in [0.1, 0.15) is 5.75 Å². The third-order valence-electron chi connectivity index (χ3n) is 4.11. The second-order valence-corrected chi connectivity index (χ2v) is 7.56. The van der Waals surface area contributed by atoms with Crippen molar-refractivity contribution in [2.45, 2.75) is 19.0 Å². The Balaban J connectivity index is 1.49. The van der Waals surface area contributed by atoms with Gasteiger partial charge in [0, 0.05) is 12.5 Å². The van der Waals surface area contributed by atoms with E-state index in [1.54, 1.807) is 18.2 Å². The number of nitriles is 1. The topological polar surface area (TPSA) is 93.5 Å². The van der Waals surface area contributed by atoms with Crippen molar-refractivity contribution >= 4 is 32.6 Å². The highest BCUT2D eigenvalue weighted by Gasteiger charge is 2.28. The van der Waals surface area contributed by atoms with Crippen molar-refractivity contribution in [3.05, 3.63) is 42.0 Å². The molecule has 32 heavy (non-hydrogen) atoms. The molecule has 0 spiro atoms. The average molecular weight is 465 g/mol. The number of alkyl halides is 3. The number of amides is 1. The van der Waals surface area contributed by atoms with Gasteiger partial charge in [0.15, 0.2) is 23.2 Å². The summed E-state index contributed by atoms with van der Waals surface area (Å²) in [5.74, 6) is 0.711. The summed E-state index contributed by atoms with van der Waals surface area (Å²) >= 11 is 1.14. The SMILES string of the molecule is COc1cc(C#N)ccc1OCCCC(=O)Nc1nc2ccc(OCC(F)(F)F)cc2s1. The Hall–Kier alpha value is -3.52. The molecule has 0 saturated heterocycles. The summed E-state index contributed by atoms with van der Waals surface area (Å²) in [5.41, 5.74) is 0.990. The van der Waals surface area contributed by atoms with E-state index >= 15 is 0 Å². The van der Waals surface area contributed by atoms with Crippen molar-refractivity contribution in [1.82, 2.24) is 4.98 Å². The number of anilines is 1. The maximum atomic E-state index is 12.3. The lowest BCUT2D eigenvalue weighted by atomic mass is 10.2. The third kappa shape index (κ3) is 6.49. The van der Waals surface area contributed by atoms with Gasteiger partial charge in [-0.05, 0) is 36.8 Å². The fourth-order valence-corrected chi connectivity index (χ4v) is 3.58. The van der Waals surface area contributed by atoms with E-state index in [-0.39, 0.29) is 24.7 Å². The zero-order valence-electron chi connectivity index (χ0n) is 16.9. The van der Waals surface area contributed by atoms with Crippen LogP contribution in [0.4, 0.5) is 18.3 Å². The van der Waals surface area contributed by atoms with Gasteiger partial charge in [-0.15, -0.1) is 0 Å². The number of nitrogens with one attached hydrogen (secondary N) is 1. The summed E-state index contributed by atoms with van der Waals surface area (Å²) < 4.78 is 53.0. The predicted octanol–water partition coefficient (Wildman–Crippen LogP) is 4.92. The van der Waals surface area contributed by atoms with Crippen molar-refractivity contribution in [3.63, 3.8) is 0 Å². The Kier molecular flexibility index (Phi) is 7.37. The molecule has 0 aliphatic carbocycles. The largest absolute Gasteiger partial charge is 0.493 e. The number of benzene rings is 2. The van der Waals surface area contributed by atoms with E-state index < -0.39 is 12.8 Å². The molecule has 3 aromatic rings. The first kappa shape index (κ1) is 23.1. The number of halogens is 3. The van der Waals surface area contributed by atoms with Gasteiger partial charge in [0.25, 0.3) is 0 Å². The summed E-state index contributed by atoms with van der Waals surface area (Å²) in [6, 6.07) is 11.2. The molecule has 0 unspecified atom stereocenters. The Morgan fingerprint density at radius 2 is 2.00 bits per heavy atom. The molecule has 0 aliphatic rings. The molecular formula is C21H18F3N3O4S. The average Bonchev–Trinajstić information content (AvgIpc) is 3.16. The van der Waals surface area contributed by atoms with Gasteiger partial charge in [-0.25, -0.2) is 4.98 Å². The van der Waals surface area contributed by atoms with E-state index in [0.717, 1.165) is 11.3 Å². The van der Waals surface area contributed by atoms with Crippen molar-refractivity contribution < 1.29 is 32.2 Å². The zero-order chi connectivity index (χ0) is 23.1. The van der Waals surface area contributed by atoms with Crippen LogP contribution in [0.25, 0.3) is 10.2 Å². The van der Waals surface area contributed by atoms with Crippen molar-refractivity contribution in [2.75, 3.05) is 25.6 Å². The number of fused-ring (bicyclic) bond motifs is 1. The molecule has 0 fully saturated rings. The van der Waals surface area contributed by atoms with Gasteiger partial charge in [-0.2, -0.15) is 18.4 Å². The van der Waals surface area contributed by atoms with Crippen LogP contribution in [0.15, 0.2) is 36.4 Å². The Labute approximate surface area is 185 Å². The van der Waals surface area contributed by atoms with E-state index in [4.69, 9.17) is 19.5 Å².